The molecule has 1 N–H and O–H groups in total. The van der Waals surface area contributed by atoms with Gasteiger partial charge >= 0.3 is 6.09 Å². The molecule has 188 valence electrons. The van der Waals surface area contributed by atoms with Gasteiger partial charge in [0.1, 0.15) is 24.6 Å². The highest BCUT2D eigenvalue weighted by molar-refractivity contribution is 8.07. The predicted octanol–water partition coefficient (Wildman–Crippen LogP) is 5.02. The molecule has 0 radical (unpaired) electrons. The molecule has 3 aromatic rings. The summed E-state index contributed by atoms with van der Waals surface area (Å²) in [6.07, 6.45) is -0.499. The summed E-state index contributed by atoms with van der Waals surface area (Å²) < 4.78 is 24.4. The van der Waals surface area contributed by atoms with E-state index in [9.17, 15) is 4.79 Å². The fourth-order valence-corrected chi connectivity index (χ4v) is 4.53. The van der Waals surface area contributed by atoms with Crippen molar-refractivity contribution in [3.63, 3.8) is 0 Å². The second-order valence-electron chi connectivity index (χ2n) is 9.22. The van der Waals surface area contributed by atoms with Crippen molar-refractivity contribution >= 4 is 28.8 Å². The Morgan fingerprint density at radius 3 is 2.49 bits per heavy atom. The lowest BCUT2D eigenvalue weighted by atomic mass is 10.2. The molecule has 0 spiro atoms. The zero-order valence-corrected chi connectivity index (χ0v) is 21.7. The first kappa shape index (κ1) is 25.2. The Morgan fingerprint density at radius 2 is 1.77 bits per heavy atom. The van der Waals surface area contributed by atoms with Crippen molar-refractivity contribution in [2.75, 3.05) is 26.4 Å². The van der Waals surface area contributed by atoms with Crippen LogP contribution in [-0.4, -0.2) is 58.5 Å². The SMILES string of the molecule is CCOc1ccccc1OCCNC1S[C@@H]1COc1cccc2c1c(C)nn2C(=O)OC(C)(C)C. The number of rotatable bonds is 10. The summed E-state index contributed by atoms with van der Waals surface area (Å²) in [5, 5.41) is 9.40. The number of carbonyl (C=O) groups is 1. The average molecular weight is 500 g/mol. The maximum absolute atomic E-state index is 12.6. The summed E-state index contributed by atoms with van der Waals surface area (Å²) in [5.74, 6) is 2.24. The van der Waals surface area contributed by atoms with Gasteiger partial charge in [-0.05, 0) is 58.9 Å². The first-order valence-electron chi connectivity index (χ1n) is 11.8. The molecule has 35 heavy (non-hydrogen) atoms. The minimum atomic E-state index is -0.597. The molecule has 1 aromatic heterocycles. The van der Waals surface area contributed by atoms with Crippen LogP contribution in [0, 0.1) is 6.92 Å². The zero-order chi connectivity index (χ0) is 25.0. The number of thioether (sulfide) groups is 1. The van der Waals surface area contributed by atoms with E-state index in [1.165, 1.54) is 4.68 Å². The van der Waals surface area contributed by atoms with E-state index in [0.717, 1.165) is 34.9 Å². The summed E-state index contributed by atoms with van der Waals surface area (Å²) in [5.41, 5.74) is 0.807. The van der Waals surface area contributed by atoms with Crippen LogP contribution in [-0.2, 0) is 4.74 Å². The van der Waals surface area contributed by atoms with Crippen LogP contribution in [0.5, 0.6) is 17.2 Å². The van der Waals surface area contributed by atoms with Gasteiger partial charge in [-0.3, -0.25) is 0 Å². The van der Waals surface area contributed by atoms with Crippen LogP contribution in [0.4, 0.5) is 4.79 Å². The van der Waals surface area contributed by atoms with E-state index in [0.29, 0.717) is 36.0 Å². The third kappa shape index (κ3) is 6.41. The Morgan fingerprint density at radius 1 is 1.06 bits per heavy atom. The minimum Gasteiger partial charge on any atom is -0.492 e. The minimum absolute atomic E-state index is 0.325. The van der Waals surface area contributed by atoms with Crippen LogP contribution >= 0.6 is 11.8 Å². The second kappa shape index (κ2) is 10.8. The number of nitrogens with one attached hydrogen (secondary N) is 1. The molecule has 1 unspecified atom stereocenters. The van der Waals surface area contributed by atoms with E-state index in [2.05, 4.69) is 10.4 Å². The third-order valence-corrected chi connectivity index (χ3v) is 6.48. The van der Waals surface area contributed by atoms with Gasteiger partial charge in [0.15, 0.2) is 11.5 Å². The molecule has 4 rings (SSSR count). The normalized spacial score (nSPS) is 17.3. The fourth-order valence-electron chi connectivity index (χ4n) is 3.71. The van der Waals surface area contributed by atoms with E-state index in [4.69, 9.17) is 18.9 Å². The van der Waals surface area contributed by atoms with Crippen molar-refractivity contribution < 1.29 is 23.7 Å². The van der Waals surface area contributed by atoms with Crippen molar-refractivity contribution in [1.82, 2.24) is 15.1 Å². The number of aryl methyl sites for hydroxylation is 1. The van der Waals surface area contributed by atoms with E-state index in [1.807, 2.05) is 88.8 Å². The molecule has 0 amide bonds. The van der Waals surface area contributed by atoms with Gasteiger partial charge in [0, 0.05) is 6.54 Å². The molecule has 0 aliphatic carbocycles. The number of nitrogens with zero attached hydrogens (tertiary/aromatic N) is 2. The van der Waals surface area contributed by atoms with Gasteiger partial charge in [-0.2, -0.15) is 9.78 Å². The second-order valence-corrected chi connectivity index (χ2v) is 10.6. The number of carbonyl (C=O) groups excluding carboxylic acids is 1. The molecular formula is C26H33N3O5S. The first-order chi connectivity index (χ1) is 16.8. The van der Waals surface area contributed by atoms with Gasteiger partial charge in [-0.25, -0.2) is 4.79 Å². The molecule has 1 aliphatic heterocycles. The lowest BCUT2D eigenvalue weighted by molar-refractivity contribution is 0.0522. The maximum atomic E-state index is 12.6. The Balaban J connectivity index is 1.27. The zero-order valence-electron chi connectivity index (χ0n) is 20.9. The molecular weight excluding hydrogens is 466 g/mol. The van der Waals surface area contributed by atoms with Crippen LogP contribution in [0.15, 0.2) is 42.5 Å². The quantitative estimate of drug-likeness (QED) is 0.308. The summed E-state index contributed by atoms with van der Waals surface area (Å²) in [6.45, 7) is 11.8. The summed E-state index contributed by atoms with van der Waals surface area (Å²) in [7, 11) is 0. The number of para-hydroxylation sites is 2. The van der Waals surface area contributed by atoms with E-state index in [1.54, 1.807) is 0 Å². The predicted molar refractivity (Wildman–Crippen MR) is 138 cm³/mol. The Hall–Kier alpha value is -2.91. The van der Waals surface area contributed by atoms with E-state index < -0.39 is 11.7 Å². The van der Waals surface area contributed by atoms with Gasteiger partial charge < -0.3 is 24.3 Å². The van der Waals surface area contributed by atoms with Gasteiger partial charge in [-0.1, -0.05) is 18.2 Å². The number of benzene rings is 2. The first-order valence-corrected chi connectivity index (χ1v) is 12.8. The van der Waals surface area contributed by atoms with Crippen LogP contribution in [0.3, 0.4) is 0 Å². The molecule has 8 nitrogen and oxygen atoms in total. The summed E-state index contributed by atoms with van der Waals surface area (Å²) in [4.78, 5) is 12.6. The third-order valence-electron chi connectivity index (χ3n) is 5.25. The van der Waals surface area contributed by atoms with Gasteiger partial charge in [0.2, 0.25) is 0 Å². The number of fused-ring (bicyclic) bond motifs is 1. The van der Waals surface area contributed by atoms with Gasteiger partial charge in [0.05, 0.1) is 33.8 Å². The van der Waals surface area contributed by atoms with Crippen LogP contribution < -0.4 is 19.5 Å². The van der Waals surface area contributed by atoms with E-state index in [-0.39, 0.29) is 0 Å². The fraction of sp³-hybridized carbons (Fsp3) is 0.462. The molecule has 0 bridgehead atoms. The average Bonchev–Trinajstić information content (AvgIpc) is 3.47. The molecule has 9 heteroatoms. The molecule has 2 aromatic carbocycles. The number of aromatic nitrogens is 2. The monoisotopic (exact) mass is 499 g/mol. The van der Waals surface area contributed by atoms with Crippen molar-refractivity contribution in [3.05, 3.63) is 48.2 Å². The van der Waals surface area contributed by atoms with E-state index >= 15 is 0 Å². The molecule has 2 atom stereocenters. The smallest absolute Gasteiger partial charge is 0.435 e. The number of ether oxygens (including phenoxy) is 4. The highest BCUT2D eigenvalue weighted by atomic mass is 32.2. The lowest BCUT2D eigenvalue weighted by Crippen LogP contribution is -2.27. The van der Waals surface area contributed by atoms with Crippen LogP contribution in [0.2, 0.25) is 0 Å². The molecule has 0 saturated carbocycles. The Kier molecular flexibility index (Phi) is 7.76. The van der Waals surface area contributed by atoms with Crippen molar-refractivity contribution in [2.45, 2.75) is 50.8 Å². The van der Waals surface area contributed by atoms with Gasteiger partial charge in [0.25, 0.3) is 0 Å². The Labute approximate surface area is 210 Å². The largest absolute Gasteiger partial charge is 0.492 e. The Bertz CT molecular complexity index is 1170. The van der Waals surface area contributed by atoms with Crippen molar-refractivity contribution in [2.24, 2.45) is 0 Å². The highest BCUT2D eigenvalue weighted by Gasteiger charge is 2.38. The summed E-state index contributed by atoms with van der Waals surface area (Å²) >= 11 is 1.83. The summed E-state index contributed by atoms with van der Waals surface area (Å²) in [6, 6.07) is 13.3. The lowest BCUT2D eigenvalue weighted by Gasteiger charge is -2.19. The molecule has 2 heterocycles. The van der Waals surface area contributed by atoms with Crippen molar-refractivity contribution in [1.29, 1.82) is 0 Å². The topological polar surface area (TPSA) is 83.8 Å². The van der Waals surface area contributed by atoms with Crippen LogP contribution in [0.1, 0.15) is 33.4 Å². The molecule has 1 aliphatic rings. The van der Waals surface area contributed by atoms with Crippen molar-refractivity contribution in [3.8, 4) is 17.2 Å². The standard InChI is InChI=1S/C26H33N3O5S/c1-6-31-19-11-7-8-12-20(19)32-15-14-27-24-22(35-24)16-33-21-13-9-10-18-23(21)17(2)28-29(18)25(30)34-26(3,4)5/h7-13,22,24,27H,6,14-16H2,1-5H3/t22-,24?/m1/s1. The molecule has 1 fully saturated rings. The van der Waals surface area contributed by atoms with Crippen LogP contribution in [0.25, 0.3) is 10.9 Å². The highest BCUT2D eigenvalue weighted by Crippen LogP contribution is 2.40. The number of hydrogen-bond donors (Lipinski definition) is 1. The van der Waals surface area contributed by atoms with Gasteiger partial charge in [-0.15, -0.1) is 11.8 Å². The molecule has 1 saturated heterocycles. The number of hydrogen-bond acceptors (Lipinski definition) is 8. The maximum Gasteiger partial charge on any atom is 0.435 e.